The topological polar surface area (TPSA) is 140 Å². The minimum absolute atomic E-state index is 0.238. The van der Waals surface area contributed by atoms with E-state index >= 15 is 0 Å². The fourth-order valence-corrected chi connectivity index (χ4v) is 5.24. The van der Waals surface area contributed by atoms with Crippen LogP contribution in [0.25, 0.3) is 0 Å². The van der Waals surface area contributed by atoms with Crippen molar-refractivity contribution in [2.24, 2.45) is 11.3 Å². The number of thiazole rings is 1. The standard InChI is InChI=1S/C19H26N6OS.2C2HF3O2/c1-23(2)17(26)19-5-3-9-24(13-16-20-8-10-27-16)11-15(19)12-25(14-19)18-21-6-4-7-22-18;2*3-2(4,5)1(6)7/h4,6-8,10,15H,3,5,9,11-14H2,1-2H3;2*(H,6,7)/t15-,19-;;/m0../s1. The molecule has 0 unspecified atom stereocenters. The van der Waals surface area contributed by atoms with Crippen LogP contribution in [-0.2, 0) is 20.9 Å². The second kappa shape index (κ2) is 13.9. The maximum Gasteiger partial charge on any atom is 0.490 e. The molecule has 2 saturated heterocycles. The first-order valence-corrected chi connectivity index (χ1v) is 12.8. The lowest BCUT2D eigenvalue weighted by Crippen LogP contribution is -2.47. The van der Waals surface area contributed by atoms with Crippen LogP contribution in [0.4, 0.5) is 32.3 Å². The lowest BCUT2D eigenvalue weighted by atomic mass is 9.74. The Labute approximate surface area is 234 Å². The molecule has 2 N–H and O–H groups in total. The van der Waals surface area contributed by atoms with E-state index in [0.717, 1.165) is 50.0 Å². The summed E-state index contributed by atoms with van der Waals surface area (Å²) in [6.07, 6.45) is -2.84. The van der Waals surface area contributed by atoms with Crippen molar-refractivity contribution in [1.29, 1.82) is 0 Å². The van der Waals surface area contributed by atoms with Gasteiger partial charge in [0.05, 0.1) is 12.0 Å². The number of hydrogen-bond donors (Lipinski definition) is 2. The molecule has 0 spiro atoms. The molecule has 2 atom stereocenters. The van der Waals surface area contributed by atoms with Gasteiger partial charge in [0.1, 0.15) is 5.01 Å². The summed E-state index contributed by atoms with van der Waals surface area (Å²) >= 11 is 1.70. The molecule has 0 aromatic carbocycles. The van der Waals surface area contributed by atoms with Crippen molar-refractivity contribution in [2.75, 3.05) is 45.2 Å². The van der Waals surface area contributed by atoms with E-state index in [2.05, 4.69) is 24.8 Å². The lowest BCUT2D eigenvalue weighted by molar-refractivity contribution is -0.193. The predicted molar refractivity (Wildman–Crippen MR) is 133 cm³/mol. The highest BCUT2D eigenvalue weighted by atomic mass is 32.1. The highest BCUT2D eigenvalue weighted by Crippen LogP contribution is 2.44. The second-order valence-corrected chi connectivity index (χ2v) is 10.3. The van der Waals surface area contributed by atoms with Gasteiger partial charge in [-0.25, -0.2) is 24.5 Å². The van der Waals surface area contributed by atoms with E-state index in [1.807, 2.05) is 31.7 Å². The Bertz CT molecular complexity index is 1130. The normalized spacial score (nSPS) is 20.9. The van der Waals surface area contributed by atoms with Gasteiger partial charge >= 0.3 is 24.3 Å². The zero-order valence-corrected chi connectivity index (χ0v) is 22.7. The molecule has 2 fully saturated rings. The monoisotopic (exact) mass is 614 g/mol. The van der Waals surface area contributed by atoms with Gasteiger partial charge in [-0.2, -0.15) is 26.3 Å². The molecule has 4 rings (SSSR count). The predicted octanol–water partition coefficient (Wildman–Crippen LogP) is 3.01. The summed E-state index contributed by atoms with van der Waals surface area (Å²) in [5, 5.41) is 17.4. The number of hydrogen-bond acceptors (Lipinski definition) is 9. The zero-order chi connectivity index (χ0) is 31.0. The Hall–Kier alpha value is -3.54. The van der Waals surface area contributed by atoms with Gasteiger partial charge in [0, 0.05) is 63.6 Å². The number of carboxylic acid groups (broad SMARTS) is 2. The van der Waals surface area contributed by atoms with Crippen LogP contribution in [0.15, 0.2) is 30.0 Å². The van der Waals surface area contributed by atoms with E-state index in [1.165, 1.54) is 0 Å². The van der Waals surface area contributed by atoms with Gasteiger partial charge in [-0.05, 0) is 25.5 Å². The Kier molecular flexibility index (Phi) is 11.4. The Morgan fingerprint density at radius 1 is 1.00 bits per heavy atom. The number of carbonyl (C=O) groups excluding carboxylic acids is 1. The number of fused-ring (bicyclic) bond motifs is 1. The number of halogens is 6. The van der Waals surface area contributed by atoms with Crippen molar-refractivity contribution < 1.29 is 50.9 Å². The maximum atomic E-state index is 13.3. The van der Waals surface area contributed by atoms with Crippen molar-refractivity contribution in [1.82, 2.24) is 24.8 Å². The summed E-state index contributed by atoms with van der Waals surface area (Å²) in [5.41, 5.74) is -0.361. The summed E-state index contributed by atoms with van der Waals surface area (Å²) in [6.45, 7) is 4.30. The Morgan fingerprint density at radius 2 is 1.56 bits per heavy atom. The van der Waals surface area contributed by atoms with Crippen LogP contribution in [-0.4, -0.2) is 105 Å². The summed E-state index contributed by atoms with van der Waals surface area (Å²) in [4.78, 5) is 50.8. The molecule has 0 bridgehead atoms. The molecule has 18 heteroatoms. The van der Waals surface area contributed by atoms with E-state index in [0.29, 0.717) is 6.54 Å². The van der Waals surface area contributed by atoms with Crippen molar-refractivity contribution in [3.63, 3.8) is 0 Å². The molecule has 1 amide bonds. The third-order valence-corrected chi connectivity index (χ3v) is 7.03. The Balaban J connectivity index is 0.000000349. The van der Waals surface area contributed by atoms with Gasteiger partial charge in [0.15, 0.2) is 0 Å². The van der Waals surface area contributed by atoms with Crippen LogP contribution in [0.5, 0.6) is 0 Å². The van der Waals surface area contributed by atoms with Gasteiger partial charge in [0.25, 0.3) is 0 Å². The van der Waals surface area contributed by atoms with E-state index in [4.69, 9.17) is 19.8 Å². The quantitative estimate of drug-likeness (QED) is 0.494. The van der Waals surface area contributed by atoms with Crippen molar-refractivity contribution >= 4 is 35.1 Å². The molecule has 2 aliphatic rings. The number of aromatic nitrogens is 3. The van der Waals surface area contributed by atoms with Crippen molar-refractivity contribution in [2.45, 2.75) is 31.7 Å². The van der Waals surface area contributed by atoms with Crippen LogP contribution in [0, 0.1) is 11.3 Å². The number of anilines is 1. The average molecular weight is 615 g/mol. The first-order valence-electron chi connectivity index (χ1n) is 11.9. The van der Waals surface area contributed by atoms with Crippen LogP contribution in [0.3, 0.4) is 0 Å². The third-order valence-electron chi connectivity index (χ3n) is 6.27. The van der Waals surface area contributed by atoms with Gasteiger partial charge in [0.2, 0.25) is 11.9 Å². The Morgan fingerprint density at radius 3 is 2.02 bits per heavy atom. The highest BCUT2D eigenvalue weighted by Gasteiger charge is 2.54. The van der Waals surface area contributed by atoms with E-state index in [-0.39, 0.29) is 17.2 Å². The molecule has 4 heterocycles. The van der Waals surface area contributed by atoms with Crippen LogP contribution in [0.2, 0.25) is 0 Å². The fourth-order valence-electron chi connectivity index (χ4n) is 4.58. The minimum atomic E-state index is -5.08. The number of likely N-dealkylation sites (tertiary alicyclic amines) is 1. The van der Waals surface area contributed by atoms with Crippen LogP contribution in [0.1, 0.15) is 17.8 Å². The number of nitrogens with zero attached hydrogens (tertiary/aromatic N) is 6. The number of carbonyl (C=O) groups is 3. The zero-order valence-electron chi connectivity index (χ0n) is 21.9. The molecule has 0 aliphatic carbocycles. The van der Waals surface area contributed by atoms with Crippen molar-refractivity contribution in [3.8, 4) is 0 Å². The first kappa shape index (κ1) is 33.7. The molecule has 0 radical (unpaired) electrons. The molecule has 2 aliphatic heterocycles. The van der Waals surface area contributed by atoms with Crippen LogP contribution < -0.4 is 4.90 Å². The van der Waals surface area contributed by atoms with Crippen LogP contribution >= 0.6 is 11.3 Å². The largest absolute Gasteiger partial charge is 0.490 e. The van der Waals surface area contributed by atoms with Gasteiger partial charge in [-0.15, -0.1) is 11.3 Å². The fraction of sp³-hybridized carbons (Fsp3) is 0.565. The number of aliphatic carboxylic acids is 2. The van der Waals surface area contributed by atoms with Gasteiger partial charge in [-0.3, -0.25) is 9.69 Å². The molecule has 41 heavy (non-hydrogen) atoms. The first-order chi connectivity index (χ1) is 19.0. The number of amides is 1. The van der Waals surface area contributed by atoms with Gasteiger partial charge in [-0.1, -0.05) is 0 Å². The molecule has 2 aromatic rings. The molecular weight excluding hydrogens is 586 g/mol. The summed E-state index contributed by atoms with van der Waals surface area (Å²) in [6, 6.07) is 1.83. The highest BCUT2D eigenvalue weighted by molar-refractivity contribution is 7.09. The van der Waals surface area contributed by atoms with Crippen molar-refractivity contribution in [3.05, 3.63) is 35.0 Å². The summed E-state index contributed by atoms with van der Waals surface area (Å²) < 4.78 is 63.5. The van der Waals surface area contributed by atoms with Gasteiger partial charge < -0.3 is 20.0 Å². The molecule has 11 nitrogen and oxygen atoms in total. The van der Waals surface area contributed by atoms with E-state index < -0.39 is 24.3 Å². The third kappa shape index (κ3) is 9.51. The number of rotatable bonds is 4. The molecule has 228 valence electrons. The number of alkyl halides is 6. The SMILES string of the molecule is CN(C)C(=O)[C@]12CCCN(Cc3nccs3)C[C@H]1CN(c1ncccn1)C2.O=C(O)C(F)(F)F.O=C(O)C(F)(F)F. The smallest absolute Gasteiger partial charge is 0.475 e. The van der Waals surface area contributed by atoms with E-state index in [1.54, 1.807) is 28.6 Å². The molecular formula is C23H28F6N6O5S. The average Bonchev–Trinajstić information content (AvgIpc) is 3.48. The second-order valence-electron chi connectivity index (χ2n) is 9.35. The summed E-state index contributed by atoms with van der Waals surface area (Å²) in [5.74, 6) is -4.29. The number of carboxylic acids is 2. The molecule has 2 aromatic heterocycles. The maximum absolute atomic E-state index is 13.3. The lowest BCUT2D eigenvalue weighted by Gasteiger charge is -2.34. The molecule has 0 saturated carbocycles. The van der Waals surface area contributed by atoms with E-state index in [9.17, 15) is 31.1 Å². The summed E-state index contributed by atoms with van der Waals surface area (Å²) in [7, 11) is 3.74. The minimum Gasteiger partial charge on any atom is -0.475 e.